The molecule has 1 fully saturated rings. The number of nitrogens with zero attached hydrogens (tertiary/aromatic N) is 3. The van der Waals surface area contributed by atoms with Gasteiger partial charge in [-0.25, -0.2) is 0 Å². The molecule has 0 spiro atoms. The third-order valence-corrected chi connectivity index (χ3v) is 5.85. The number of hydrogen-bond donors (Lipinski definition) is 2. The summed E-state index contributed by atoms with van der Waals surface area (Å²) < 4.78 is 10.7. The molecule has 0 amide bonds. The topological polar surface area (TPSA) is 118 Å². The molecule has 2 N–H and O–H groups in total. The first kappa shape index (κ1) is 19.4. The van der Waals surface area contributed by atoms with Crippen molar-refractivity contribution in [2.45, 2.75) is 5.92 Å². The Morgan fingerprint density at radius 1 is 1.14 bits per heavy atom. The highest BCUT2D eigenvalue weighted by Gasteiger charge is 2.58. The molecule has 1 aliphatic carbocycles. The first-order valence-electron chi connectivity index (χ1n) is 9.01. The van der Waals surface area contributed by atoms with Crippen LogP contribution in [0.15, 0.2) is 29.8 Å². The van der Waals surface area contributed by atoms with Gasteiger partial charge in [0.2, 0.25) is 0 Å². The second-order valence-corrected chi connectivity index (χ2v) is 7.28. The van der Waals surface area contributed by atoms with Crippen LogP contribution < -0.4 is 14.4 Å². The third-order valence-electron chi connectivity index (χ3n) is 5.85. The number of quaternary nitrogens is 1. The van der Waals surface area contributed by atoms with Crippen LogP contribution in [0.3, 0.4) is 0 Å². The van der Waals surface area contributed by atoms with Crippen molar-refractivity contribution in [3.63, 3.8) is 0 Å². The second-order valence-electron chi connectivity index (χ2n) is 7.28. The van der Waals surface area contributed by atoms with E-state index in [9.17, 15) is 15.8 Å². The lowest BCUT2D eigenvalue weighted by molar-refractivity contribution is -0.878. The van der Waals surface area contributed by atoms with Crippen LogP contribution in [0.25, 0.3) is 0 Å². The number of benzene rings is 1. The van der Waals surface area contributed by atoms with E-state index in [1.807, 2.05) is 19.2 Å². The van der Waals surface area contributed by atoms with Crippen molar-refractivity contribution in [3.8, 4) is 29.7 Å². The molecule has 28 heavy (non-hydrogen) atoms. The van der Waals surface area contributed by atoms with Gasteiger partial charge in [-0.3, -0.25) is 0 Å². The number of likely N-dealkylation sites (N-methyl/N-ethyl adjacent to an activating group) is 1. The van der Waals surface area contributed by atoms with Gasteiger partial charge in [0.1, 0.15) is 5.92 Å². The molecule has 1 heterocycles. The van der Waals surface area contributed by atoms with Gasteiger partial charge in [-0.1, -0.05) is 6.07 Å². The number of ether oxygens (including phenoxy) is 2. The lowest BCUT2D eigenvalue weighted by Crippen LogP contribution is -3.10. The Labute approximate surface area is 164 Å². The highest BCUT2D eigenvalue weighted by Crippen LogP contribution is 2.53. The smallest absolute Gasteiger partial charge is 0.189 e. The first-order chi connectivity index (χ1) is 13.5. The van der Waals surface area contributed by atoms with Crippen LogP contribution in [0.5, 0.6) is 11.5 Å². The van der Waals surface area contributed by atoms with Gasteiger partial charge in [0.15, 0.2) is 16.9 Å². The fraction of sp³-hybridized carbons (Fsp3) is 0.429. The molecular formula is C21H22N5O2+. The number of nitriles is 3. The molecule has 1 aromatic carbocycles. The number of nitrogens with one attached hydrogen (secondary N) is 2. The molecule has 0 radical (unpaired) electrons. The van der Waals surface area contributed by atoms with Crippen molar-refractivity contribution < 1.29 is 14.4 Å². The maximum Gasteiger partial charge on any atom is 0.189 e. The van der Waals surface area contributed by atoms with Crippen LogP contribution in [0, 0.1) is 56.7 Å². The average molecular weight is 376 g/mol. The zero-order valence-corrected chi connectivity index (χ0v) is 16.1. The largest absolute Gasteiger partial charge is 0.493 e. The van der Waals surface area contributed by atoms with Gasteiger partial charge in [0.05, 0.1) is 58.3 Å². The van der Waals surface area contributed by atoms with Crippen LogP contribution in [0.4, 0.5) is 0 Å². The molecule has 0 saturated heterocycles. The van der Waals surface area contributed by atoms with E-state index in [1.165, 1.54) is 12.0 Å². The summed E-state index contributed by atoms with van der Waals surface area (Å²) in [6.07, 6.45) is 2.00. The molecule has 2 unspecified atom stereocenters. The maximum atomic E-state index is 10.0. The zero-order chi connectivity index (χ0) is 20.5. The van der Waals surface area contributed by atoms with Gasteiger partial charge in [-0.15, -0.1) is 0 Å². The van der Waals surface area contributed by atoms with E-state index >= 15 is 0 Å². The molecule has 7 heteroatoms. The molecule has 142 valence electrons. The minimum Gasteiger partial charge on any atom is -0.493 e. The van der Waals surface area contributed by atoms with E-state index in [4.69, 9.17) is 14.9 Å². The maximum absolute atomic E-state index is 10.0. The lowest BCUT2D eigenvalue weighted by atomic mass is 9.54. The normalized spacial score (nSPS) is 28.0. The minimum absolute atomic E-state index is 0.137. The molecule has 0 aromatic heterocycles. The third kappa shape index (κ3) is 2.71. The number of hydrogen-bond acceptors (Lipinski definition) is 6. The Kier molecular flexibility index (Phi) is 5.10. The van der Waals surface area contributed by atoms with E-state index in [-0.39, 0.29) is 11.6 Å². The van der Waals surface area contributed by atoms with E-state index < -0.39 is 17.3 Å². The van der Waals surface area contributed by atoms with Crippen LogP contribution in [0.1, 0.15) is 11.5 Å². The van der Waals surface area contributed by atoms with Crippen molar-refractivity contribution >= 4 is 5.71 Å². The molecule has 1 saturated carbocycles. The van der Waals surface area contributed by atoms with Crippen LogP contribution in [-0.4, -0.2) is 40.1 Å². The molecule has 1 aromatic rings. The molecule has 4 atom stereocenters. The summed E-state index contributed by atoms with van der Waals surface area (Å²) in [5.74, 6) is -0.547. The van der Waals surface area contributed by atoms with E-state index in [1.54, 1.807) is 19.2 Å². The Morgan fingerprint density at radius 2 is 1.82 bits per heavy atom. The molecule has 0 bridgehead atoms. The minimum atomic E-state index is -1.71. The van der Waals surface area contributed by atoms with Crippen molar-refractivity contribution in [2.75, 3.05) is 34.4 Å². The second kappa shape index (κ2) is 7.35. The monoisotopic (exact) mass is 376 g/mol. The Bertz CT molecular complexity index is 948. The lowest BCUT2D eigenvalue weighted by Gasteiger charge is -2.46. The standard InChI is InChI=1S/C21H21N5O2/c1-26-7-6-14-15(9-22)20(25)21(11-23,12-24)19(16(14)10-26)13-4-5-17(27-2)18(8-13)28-3/h4-6,8,15-16,19,25H,7,10H2,1-3H3/p+1/t15?,16-,19-/m0/s1. The summed E-state index contributed by atoms with van der Waals surface area (Å²) in [7, 11) is 5.11. The van der Waals surface area contributed by atoms with Gasteiger partial charge >= 0.3 is 0 Å². The van der Waals surface area contributed by atoms with Crippen LogP contribution in [0.2, 0.25) is 0 Å². The van der Waals surface area contributed by atoms with Crippen molar-refractivity contribution in [3.05, 3.63) is 35.4 Å². The van der Waals surface area contributed by atoms with Crippen molar-refractivity contribution in [1.82, 2.24) is 0 Å². The van der Waals surface area contributed by atoms with Crippen molar-refractivity contribution in [2.24, 2.45) is 17.3 Å². The summed E-state index contributed by atoms with van der Waals surface area (Å²) >= 11 is 0. The van der Waals surface area contributed by atoms with Gasteiger partial charge in [0.25, 0.3) is 0 Å². The fourth-order valence-electron chi connectivity index (χ4n) is 4.48. The van der Waals surface area contributed by atoms with Crippen molar-refractivity contribution in [1.29, 1.82) is 21.2 Å². The van der Waals surface area contributed by atoms with Crippen LogP contribution in [-0.2, 0) is 0 Å². The fourth-order valence-corrected chi connectivity index (χ4v) is 4.48. The summed E-state index contributed by atoms with van der Waals surface area (Å²) in [6, 6.07) is 11.7. The molecule has 1 aliphatic heterocycles. The summed E-state index contributed by atoms with van der Waals surface area (Å²) in [6.45, 7) is 1.43. The molecule has 2 aliphatic rings. The number of fused-ring (bicyclic) bond motifs is 1. The first-order valence-corrected chi connectivity index (χ1v) is 9.01. The van der Waals surface area contributed by atoms with Crippen LogP contribution >= 0.6 is 0 Å². The number of methoxy groups -OCH3 is 2. The van der Waals surface area contributed by atoms with Gasteiger partial charge in [-0.2, -0.15) is 15.8 Å². The quantitative estimate of drug-likeness (QED) is 0.765. The summed E-state index contributed by atoms with van der Waals surface area (Å²) in [5.41, 5.74) is -0.270. The predicted molar refractivity (Wildman–Crippen MR) is 101 cm³/mol. The summed E-state index contributed by atoms with van der Waals surface area (Å²) in [4.78, 5) is 1.23. The summed E-state index contributed by atoms with van der Waals surface area (Å²) in [5, 5.41) is 38.4. The Morgan fingerprint density at radius 3 is 2.39 bits per heavy atom. The van der Waals surface area contributed by atoms with E-state index in [0.29, 0.717) is 18.0 Å². The molecular weight excluding hydrogens is 354 g/mol. The van der Waals surface area contributed by atoms with Gasteiger partial charge in [0, 0.05) is 11.8 Å². The Hall–Kier alpha value is -3.34. The predicted octanol–water partition coefficient (Wildman–Crippen LogP) is 1.07. The van der Waals surface area contributed by atoms with E-state index in [2.05, 4.69) is 18.2 Å². The molecule has 7 nitrogen and oxygen atoms in total. The van der Waals surface area contributed by atoms with Gasteiger partial charge in [-0.05, 0) is 29.3 Å². The number of rotatable bonds is 3. The Balaban J connectivity index is 2.26. The highest BCUT2D eigenvalue weighted by molar-refractivity contribution is 6.00. The van der Waals surface area contributed by atoms with E-state index in [0.717, 1.165) is 17.7 Å². The molecule has 3 rings (SSSR count). The average Bonchev–Trinajstić information content (AvgIpc) is 2.72. The zero-order valence-electron chi connectivity index (χ0n) is 16.1. The SMILES string of the molecule is COc1ccc([C@H]2[C@H]3C[NH+](C)CC=C3C(C#N)C(=N)C2(C#N)C#N)cc1OC. The van der Waals surface area contributed by atoms with Gasteiger partial charge < -0.3 is 19.8 Å². The highest BCUT2D eigenvalue weighted by atomic mass is 16.5.